The number of nitrogen functional groups attached to an aromatic ring is 1. The van der Waals surface area contributed by atoms with Crippen LogP contribution < -0.4 is 16.3 Å². The van der Waals surface area contributed by atoms with Crippen molar-refractivity contribution < 1.29 is 4.79 Å². The van der Waals surface area contributed by atoms with Gasteiger partial charge in [0.15, 0.2) is 0 Å². The molecule has 4 heteroatoms. The Morgan fingerprint density at radius 2 is 2.17 bits per heavy atom. The van der Waals surface area contributed by atoms with Gasteiger partial charge < -0.3 is 5.73 Å². The zero-order valence-corrected chi connectivity index (χ0v) is 6.80. The molecule has 2 N–H and O–H groups in total. The molecule has 0 spiro atoms. The number of anilines is 1. The number of amides is 1. The molecule has 1 aliphatic rings. The van der Waals surface area contributed by atoms with Gasteiger partial charge in [0, 0.05) is 16.3 Å². The average molecular weight is 181 g/mol. The fourth-order valence-corrected chi connectivity index (χ4v) is 1.39. The van der Waals surface area contributed by atoms with Crippen LogP contribution >= 0.6 is 11.6 Å². The van der Waals surface area contributed by atoms with E-state index in [1.807, 2.05) is 0 Å². The number of nitrogens with two attached hydrogens (primary N) is 1. The van der Waals surface area contributed by atoms with Crippen molar-refractivity contribution in [3.8, 4) is 0 Å². The highest BCUT2D eigenvalue weighted by atomic mass is 35.5. The van der Waals surface area contributed by atoms with E-state index in [4.69, 9.17) is 17.3 Å². The maximum Gasteiger partial charge on any atom is 0.271 e. The lowest BCUT2D eigenvalue weighted by Gasteiger charge is -1.92. The first-order chi connectivity index (χ1) is 5.66. The summed E-state index contributed by atoms with van der Waals surface area (Å²) in [5.41, 5.74) is 6.03. The number of carbonyl (C=O) groups excluding carboxylic acids is 1. The number of rotatable bonds is 0. The van der Waals surface area contributed by atoms with Crippen LogP contribution in [0.3, 0.4) is 0 Å². The van der Waals surface area contributed by atoms with Gasteiger partial charge in [0.2, 0.25) is 0 Å². The molecule has 60 valence electrons. The smallest absolute Gasteiger partial charge is 0.271 e. The van der Waals surface area contributed by atoms with E-state index >= 15 is 0 Å². The summed E-state index contributed by atoms with van der Waals surface area (Å²) in [5, 5.41) is 1.75. The molecule has 3 nitrogen and oxygen atoms in total. The average Bonchev–Trinajstić information content (AvgIpc) is 2.29. The van der Waals surface area contributed by atoms with Crippen LogP contribution in [0.5, 0.6) is 0 Å². The van der Waals surface area contributed by atoms with Crippen LogP contribution in [0.2, 0.25) is 5.02 Å². The molecule has 0 saturated heterocycles. The van der Waals surface area contributed by atoms with Gasteiger partial charge in [0.1, 0.15) is 0 Å². The van der Waals surface area contributed by atoms with E-state index in [0.29, 0.717) is 21.3 Å². The molecule has 2 rings (SSSR count). The Balaban J connectivity index is 2.95. The van der Waals surface area contributed by atoms with Gasteiger partial charge in [-0.15, -0.1) is 0 Å². The van der Waals surface area contributed by atoms with Crippen LogP contribution in [-0.2, 0) is 4.79 Å². The van der Waals surface area contributed by atoms with E-state index in [0.717, 1.165) is 0 Å². The van der Waals surface area contributed by atoms with Crippen molar-refractivity contribution in [3.05, 3.63) is 27.7 Å². The Kier molecular flexibility index (Phi) is 1.41. The summed E-state index contributed by atoms with van der Waals surface area (Å²) in [4.78, 5) is 14.6. The van der Waals surface area contributed by atoms with Gasteiger partial charge >= 0.3 is 0 Å². The molecule has 0 saturated carbocycles. The minimum atomic E-state index is -0.279. The predicted octanol–water partition coefficient (Wildman–Crippen LogP) is -0.138. The maximum absolute atomic E-state index is 10.8. The molecule has 1 heterocycles. The summed E-state index contributed by atoms with van der Waals surface area (Å²) in [6.45, 7) is 0. The molecule has 0 unspecified atom stereocenters. The second-order valence-corrected chi connectivity index (χ2v) is 2.96. The van der Waals surface area contributed by atoms with Gasteiger partial charge in [0.25, 0.3) is 5.91 Å². The van der Waals surface area contributed by atoms with E-state index < -0.39 is 0 Å². The largest absolute Gasteiger partial charge is 0.397 e. The molecular formula is C8H5ClN2O. The van der Waals surface area contributed by atoms with Crippen LogP contribution in [-0.4, -0.2) is 5.91 Å². The third-order valence-corrected chi connectivity index (χ3v) is 1.85. The quantitative estimate of drug-likeness (QED) is 0.566. The fourth-order valence-electron chi connectivity index (χ4n) is 1.16. The summed E-state index contributed by atoms with van der Waals surface area (Å²) in [7, 11) is 0. The monoisotopic (exact) mass is 180 g/mol. The number of halogens is 1. The first-order valence-electron chi connectivity index (χ1n) is 3.36. The topological polar surface area (TPSA) is 55.4 Å². The lowest BCUT2D eigenvalue weighted by atomic mass is 10.2. The zero-order chi connectivity index (χ0) is 8.72. The van der Waals surface area contributed by atoms with Crippen molar-refractivity contribution in [2.24, 2.45) is 4.99 Å². The molecule has 0 radical (unpaired) electrons. The van der Waals surface area contributed by atoms with Crippen molar-refractivity contribution in [3.63, 3.8) is 0 Å². The highest BCUT2D eigenvalue weighted by molar-refractivity contribution is 6.30. The third kappa shape index (κ3) is 0.987. The van der Waals surface area contributed by atoms with Crippen LogP contribution in [0.25, 0.3) is 6.08 Å². The molecule has 0 aliphatic carbocycles. The molecule has 1 aliphatic heterocycles. The predicted molar refractivity (Wildman–Crippen MR) is 46.1 cm³/mol. The van der Waals surface area contributed by atoms with E-state index in [1.165, 1.54) is 6.08 Å². The van der Waals surface area contributed by atoms with Gasteiger partial charge in [-0.1, -0.05) is 11.6 Å². The number of hydrogen-bond donors (Lipinski definition) is 1. The van der Waals surface area contributed by atoms with Crippen molar-refractivity contribution >= 4 is 29.3 Å². The van der Waals surface area contributed by atoms with Gasteiger partial charge in [-0.05, 0) is 12.1 Å². The fraction of sp³-hybridized carbons (Fsp3) is 0. The normalized spacial score (nSPS) is 13.6. The molecule has 1 amide bonds. The molecule has 0 bridgehead atoms. The van der Waals surface area contributed by atoms with Crippen molar-refractivity contribution in [1.82, 2.24) is 0 Å². The Morgan fingerprint density at radius 1 is 1.42 bits per heavy atom. The summed E-state index contributed by atoms with van der Waals surface area (Å²) in [6.07, 6.45) is 1.41. The van der Waals surface area contributed by atoms with Crippen LogP contribution in [0.15, 0.2) is 17.1 Å². The molecular weight excluding hydrogens is 176 g/mol. The van der Waals surface area contributed by atoms with Crippen LogP contribution in [0, 0.1) is 0 Å². The summed E-state index contributed by atoms with van der Waals surface area (Å²) in [6, 6.07) is 3.25. The van der Waals surface area contributed by atoms with Gasteiger partial charge in [-0.3, -0.25) is 4.79 Å². The maximum atomic E-state index is 10.8. The molecule has 0 fully saturated rings. The summed E-state index contributed by atoms with van der Waals surface area (Å²) in [5.74, 6) is -0.279. The standard InChI is InChI=1S/C8H5ClN2O/c9-5-1-4-2-7(12)11-8(4)6(10)3-5/h1-3H,10H2. The van der Waals surface area contributed by atoms with Gasteiger partial charge in [-0.2, -0.15) is 0 Å². The van der Waals surface area contributed by atoms with Crippen molar-refractivity contribution in [1.29, 1.82) is 0 Å². The molecule has 1 aromatic carbocycles. The van der Waals surface area contributed by atoms with Crippen molar-refractivity contribution in [2.45, 2.75) is 0 Å². The highest BCUT2D eigenvalue weighted by Crippen LogP contribution is 2.06. The first-order valence-corrected chi connectivity index (χ1v) is 3.74. The number of hydrogen-bond acceptors (Lipinski definition) is 2. The minimum absolute atomic E-state index is 0.279. The second kappa shape index (κ2) is 2.32. The van der Waals surface area contributed by atoms with Crippen LogP contribution in [0.4, 0.5) is 5.69 Å². The van der Waals surface area contributed by atoms with E-state index in [1.54, 1.807) is 12.1 Å². The summed E-state index contributed by atoms with van der Waals surface area (Å²) >= 11 is 5.72. The second-order valence-electron chi connectivity index (χ2n) is 2.53. The Labute approximate surface area is 73.2 Å². The molecule has 12 heavy (non-hydrogen) atoms. The summed E-state index contributed by atoms with van der Waals surface area (Å²) < 4.78 is 0. The zero-order valence-electron chi connectivity index (χ0n) is 6.04. The Morgan fingerprint density at radius 3 is 2.92 bits per heavy atom. The third-order valence-electron chi connectivity index (χ3n) is 1.63. The highest BCUT2D eigenvalue weighted by Gasteiger charge is 2.06. The van der Waals surface area contributed by atoms with E-state index in [-0.39, 0.29) is 5.91 Å². The number of fused-ring (bicyclic) bond motifs is 1. The number of nitrogens with zero attached hydrogens (tertiary/aromatic N) is 1. The van der Waals surface area contributed by atoms with Crippen LogP contribution in [0.1, 0.15) is 0 Å². The molecule has 1 aromatic rings. The van der Waals surface area contributed by atoms with Gasteiger partial charge in [-0.25, -0.2) is 4.99 Å². The lowest BCUT2D eigenvalue weighted by molar-refractivity contribution is -0.112. The number of benzene rings is 1. The van der Waals surface area contributed by atoms with Gasteiger partial charge in [0.05, 0.1) is 11.0 Å². The molecule has 0 atom stereocenters. The van der Waals surface area contributed by atoms with Crippen molar-refractivity contribution in [2.75, 3.05) is 5.73 Å². The van der Waals surface area contributed by atoms with E-state index in [9.17, 15) is 4.79 Å². The minimum Gasteiger partial charge on any atom is -0.397 e. The molecule has 0 aromatic heterocycles. The number of carbonyl (C=O) groups is 1. The Hall–Kier alpha value is -1.35. The first kappa shape index (κ1) is 7.31. The lowest BCUT2D eigenvalue weighted by Crippen LogP contribution is -2.24. The SMILES string of the molecule is Nc1cc(Cl)cc2c1=NC(=O)C=2. The van der Waals surface area contributed by atoms with E-state index in [2.05, 4.69) is 4.99 Å². The Bertz CT molecular complexity index is 479.